The maximum absolute atomic E-state index is 5.37. The molecule has 0 amide bonds. The Bertz CT molecular complexity index is 990. The third-order valence-electron chi connectivity index (χ3n) is 3.68. The van der Waals surface area contributed by atoms with Gasteiger partial charge in [0.1, 0.15) is 0 Å². The summed E-state index contributed by atoms with van der Waals surface area (Å²) < 4.78 is 7.35. The molecule has 0 aliphatic carbocycles. The molecule has 0 atom stereocenters. The van der Waals surface area contributed by atoms with E-state index in [2.05, 4.69) is 25.7 Å². The van der Waals surface area contributed by atoms with Gasteiger partial charge in [0, 0.05) is 23.6 Å². The molecule has 1 aromatic carbocycles. The molecule has 0 aliphatic heterocycles. The fourth-order valence-electron chi connectivity index (χ4n) is 2.42. The van der Waals surface area contributed by atoms with E-state index in [1.54, 1.807) is 11.3 Å². The number of aryl methyl sites for hydroxylation is 1. The first kappa shape index (κ1) is 16.0. The third kappa shape index (κ3) is 3.35. The quantitative estimate of drug-likeness (QED) is 0.491. The molecule has 4 aromatic rings. The molecule has 0 saturated heterocycles. The van der Waals surface area contributed by atoms with Crippen LogP contribution >= 0.6 is 23.1 Å². The highest BCUT2D eigenvalue weighted by atomic mass is 32.2. The minimum absolute atomic E-state index is 0.538. The number of thioether (sulfide) groups is 1. The van der Waals surface area contributed by atoms with Crippen molar-refractivity contribution in [1.82, 2.24) is 24.9 Å². The molecule has 8 heteroatoms. The topological polar surface area (TPSA) is 69.6 Å². The SMILES string of the molecule is Cc1cccc(-c2nc(CSc3nnc(-c4ccsc4)n3C)no2)c1. The van der Waals surface area contributed by atoms with E-state index < -0.39 is 0 Å². The van der Waals surface area contributed by atoms with E-state index in [1.165, 1.54) is 11.8 Å². The van der Waals surface area contributed by atoms with Gasteiger partial charge in [-0.3, -0.25) is 0 Å². The first-order valence-corrected chi connectivity index (χ1v) is 9.58. The molecule has 0 spiro atoms. The van der Waals surface area contributed by atoms with Crippen molar-refractivity contribution in [3.63, 3.8) is 0 Å². The Kier molecular flexibility index (Phi) is 4.37. The molecule has 3 heterocycles. The van der Waals surface area contributed by atoms with Crippen LogP contribution in [0.3, 0.4) is 0 Å². The second kappa shape index (κ2) is 6.81. The van der Waals surface area contributed by atoms with Crippen LogP contribution < -0.4 is 0 Å². The molecule has 4 rings (SSSR count). The van der Waals surface area contributed by atoms with Crippen molar-refractivity contribution >= 4 is 23.1 Å². The van der Waals surface area contributed by atoms with Crippen molar-refractivity contribution in [2.75, 3.05) is 0 Å². The highest BCUT2D eigenvalue weighted by molar-refractivity contribution is 7.98. The monoisotopic (exact) mass is 369 g/mol. The maximum Gasteiger partial charge on any atom is 0.257 e. The van der Waals surface area contributed by atoms with E-state index in [9.17, 15) is 0 Å². The van der Waals surface area contributed by atoms with Crippen LogP contribution in [0.2, 0.25) is 0 Å². The number of rotatable bonds is 5. The van der Waals surface area contributed by atoms with Gasteiger partial charge < -0.3 is 9.09 Å². The average molecular weight is 369 g/mol. The van der Waals surface area contributed by atoms with Crippen molar-refractivity contribution in [3.05, 3.63) is 52.5 Å². The smallest absolute Gasteiger partial charge is 0.257 e. The Morgan fingerprint density at radius 2 is 2.12 bits per heavy atom. The zero-order chi connectivity index (χ0) is 17.2. The van der Waals surface area contributed by atoms with Crippen molar-refractivity contribution in [3.8, 4) is 22.8 Å². The lowest BCUT2D eigenvalue weighted by molar-refractivity contribution is 0.425. The summed E-state index contributed by atoms with van der Waals surface area (Å²) in [6.45, 7) is 2.04. The maximum atomic E-state index is 5.37. The van der Waals surface area contributed by atoms with Gasteiger partial charge in [-0.05, 0) is 30.5 Å². The lowest BCUT2D eigenvalue weighted by Crippen LogP contribution is -1.94. The van der Waals surface area contributed by atoms with E-state index in [1.807, 2.05) is 54.3 Å². The second-order valence-electron chi connectivity index (χ2n) is 5.55. The number of thiophene rings is 1. The molecule has 3 aromatic heterocycles. The molecule has 0 N–H and O–H groups in total. The van der Waals surface area contributed by atoms with E-state index in [0.717, 1.165) is 27.7 Å². The Morgan fingerprint density at radius 1 is 1.20 bits per heavy atom. The fourth-order valence-corrected chi connectivity index (χ4v) is 3.81. The molecule has 25 heavy (non-hydrogen) atoms. The molecule has 0 unspecified atom stereocenters. The second-order valence-corrected chi connectivity index (χ2v) is 7.27. The van der Waals surface area contributed by atoms with Crippen LogP contribution in [-0.4, -0.2) is 24.9 Å². The Hall–Kier alpha value is -2.45. The summed E-state index contributed by atoms with van der Waals surface area (Å²) in [5.74, 6) is 2.61. The van der Waals surface area contributed by atoms with Gasteiger partial charge in [0.25, 0.3) is 5.89 Å². The van der Waals surface area contributed by atoms with Crippen molar-refractivity contribution < 1.29 is 4.52 Å². The molecule has 0 aliphatic rings. The third-order valence-corrected chi connectivity index (χ3v) is 5.38. The number of hydrogen-bond acceptors (Lipinski definition) is 7. The molecule has 0 saturated carbocycles. The van der Waals surface area contributed by atoms with Crippen molar-refractivity contribution in [1.29, 1.82) is 0 Å². The fraction of sp³-hybridized carbons (Fsp3) is 0.176. The van der Waals surface area contributed by atoms with Gasteiger partial charge in [0.15, 0.2) is 16.8 Å². The molecule has 6 nitrogen and oxygen atoms in total. The van der Waals surface area contributed by atoms with Crippen molar-refractivity contribution in [2.45, 2.75) is 17.8 Å². The Balaban J connectivity index is 1.48. The van der Waals surface area contributed by atoms with Gasteiger partial charge in [-0.15, -0.1) is 10.2 Å². The standard InChI is InChI=1S/C17H15N5OS2/c1-11-4-3-5-12(8-11)16-18-14(21-23-16)10-25-17-20-19-15(22(17)2)13-6-7-24-9-13/h3-9H,10H2,1-2H3. The van der Waals surface area contributed by atoms with Gasteiger partial charge >= 0.3 is 0 Å². The molecule has 126 valence electrons. The predicted molar refractivity (Wildman–Crippen MR) is 98.3 cm³/mol. The van der Waals surface area contributed by atoms with Gasteiger partial charge in [0.2, 0.25) is 0 Å². The molecular weight excluding hydrogens is 354 g/mol. The first-order valence-electron chi connectivity index (χ1n) is 7.65. The minimum Gasteiger partial charge on any atom is -0.334 e. The normalized spacial score (nSPS) is 11.1. The molecule has 0 fully saturated rings. The molecule has 0 bridgehead atoms. The number of aromatic nitrogens is 5. The van der Waals surface area contributed by atoms with Crippen LogP contribution in [0.4, 0.5) is 0 Å². The lowest BCUT2D eigenvalue weighted by Gasteiger charge is -2.00. The lowest BCUT2D eigenvalue weighted by atomic mass is 10.1. The summed E-state index contributed by atoms with van der Waals surface area (Å²) in [6, 6.07) is 10.1. The number of nitrogens with zero attached hydrogens (tertiary/aromatic N) is 5. The average Bonchev–Trinajstić information content (AvgIpc) is 3.34. The van der Waals surface area contributed by atoms with E-state index in [0.29, 0.717) is 17.5 Å². The summed E-state index contributed by atoms with van der Waals surface area (Å²) >= 11 is 3.18. The van der Waals surface area contributed by atoms with Gasteiger partial charge in [0.05, 0.1) is 5.75 Å². The minimum atomic E-state index is 0.538. The van der Waals surface area contributed by atoms with E-state index >= 15 is 0 Å². The molecular formula is C17H15N5OS2. The first-order chi connectivity index (χ1) is 12.2. The van der Waals surface area contributed by atoms with Crippen LogP contribution in [0.1, 0.15) is 11.4 Å². The van der Waals surface area contributed by atoms with Crippen LogP contribution in [0, 0.1) is 6.92 Å². The Labute approximate surface area is 152 Å². The van der Waals surface area contributed by atoms with E-state index in [4.69, 9.17) is 4.52 Å². The summed E-state index contributed by atoms with van der Waals surface area (Å²) in [5.41, 5.74) is 3.17. The van der Waals surface area contributed by atoms with Crippen LogP contribution in [-0.2, 0) is 12.8 Å². The van der Waals surface area contributed by atoms with E-state index in [-0.39, 0.29) is 0 Å². The zero-order valence-corrected chi connectivity index (χ0v) is 15.3. The summed E-state index contributed by atoms with van der Waals surface area (Å²) in [7, 11) is 1.96. The predicted octanol–water partition coefficient (Wildman–Crippen LogP) is 4.19. The van der Waals surface area contributed by atoms with Crippen molar-refractivity contribution in [2.24, 2.45) is 7.05 Å². The van der Waals surface area contributed by atoms with Crippen LogP contribution in [0.25, 0.3) is 22.8 Å². The summed E-state index contributed by atoms with van der Waals surface area (Å²) in [5, 5.41) is 17.5. The van der Waals surface area contributed by atoms with Gasteiger partial charge in [-0.25, -0.2) is 0 Å². The van der Waals surface area contributed by atoms with Crippen LogP contribution in [0.5, 0.6) is 0 Å². The summed E-state index contributed by atoms with van der Waals surface area (Å²) in [4.78, 5) is 4.47. The largest absolute Gasteiger partial charge is 0.334 e. The summed E-state index contributed by atoms with van der Waals surface area (Å²) in [6.07, 6.45) is 0. The van der Waals surface area contributed by atoms with Crippen LogP contribution in [0.15, 0.2) is 50.8 Å². The Morgan fingerprint density at radius 3 is 2.92 bits per heavy atom. The molecule has 0 radical (unpaired) electrons. The zero-order valence-electron chi connectivity index (χ0n) is 13.7. The van der Waals surface area contributed by atoms with Gasteiger partial charge in [-0.1, -0.05) is 34.6 Å². The van der Waals surface area contributed by atoms with Gasteiger partial charge in [-0.2, -0.15) is 16.3 Å². The highest BCUT2D eigenvalue weighted by Gasteiger charge is 2.14. The highest BCUT2D eigenvalue weighted by Crippen LogP contribution is 2.26. The number of hydrogen-bond donors (Lipinski definition) is 0. The number of benzene rings is 1.